The summed E-state index contributed by atoms with van der Waals surface area (Å²) in [5, 5.41) is 15.8. The molecule has 1 aromatic heterocycles. The van der Waals surface area contributed by atoms with E-state index in [4.69, 9.17) is 25.9 Å². The first-order valence-corrected chi connectivity index (χ1v) is 17.1. The number of hydrogen-bond donors (Lipinski definition) is 2. The van der Waals surface area contributed by atoms with Crippen LogP contribution in [-0.2, 0) is 4.74 Å². The number of nitrogens with zero attached hydrogens (tertiary/aromatic N) is 4. The monoisotopic (exact) mass is 653 g/mol. The van der Waals surface area contributed by atoms with Crippen molar-refractivity contribution in [2.24, 2.45) is 5.41 Å². The Kier molecular flexibility index (Phi) is 7.90. The number of nitrogens with one attached hydrogen (secondary N) is 1. The van der Waals surface area contributed by atoms with Crippen molar-refractivity contribution in [1.82, 2.24) is 20.2 Å². The molecule has 2 unspecified atom stereocenters. The summed E-state index contributed by atoms with van der Waals surface area (Å²) in [6, 6.07) is 8.49. The molecule has 0 amide bonds. The molecular weight excluding hydrogens is 612 g/mol. The summed E-state index contributed by atoms with van der Waals surface area (Å²) in [4.78, 5) is 14.4. The van der Waals surface area contributed by atoms with Crippen molar-refractivity contribution in [1.29, 1.82) is 0 Å². The van der Waals surface area contributed by atoms with Gasteiger partial charge in [-0.1, -0.05) is 12.0 Å². The average molecular weight is 654 g/mol. The van der Waals surface area contributed by atoms with Crippen LogP contribution in [0.1, 0.15) is 49.7 Å². The fraction of sp³-hybridized carbons (Fsp3) is 0.474. The maximum absolute atomic E-state index is 17.1. The summed E-state index contributed by atoms with van der Waals surface area (Å²) < 4.78 is 44.1. The SMILES string of the molecule is C#Cc1c(F)ccc2cc(O)cc(-c3c(C)cc4c(N5CC6CCC(C5)N6)nc(OCC5(CN6CCC(OC)CC6)CC5)nc4c3F)c12. The highest BCUT2D eigenvalue weighted by molar-refractivity contribution is 6.05. The van der Waals surface area contributed by atoms with Crippen LogP contribution in [0.4, 0.5) is 14.6 Å². The molecule has 4 fully saturated rings. The van der Waals surface area contributed by atoms with Crippen LogP contribution in [0.5, 0.6) is 11.8 Å². The van der Waals surface area contributed by atoms with Gasteiger partial charge in [-0.25, -0.2) is 8.78 Å². The summed E-state index contributed by atoms with van der Waals surface area (Å²) in [7, 11) is 1.78. The minimum atomic E-state index is -0.585. The molecule has 10 heteroatoms. The number of likely N-dealkylation sites (tertiary alicyclic amines) is 1. The maximum atomic E-state index is 17.1. The number of benzene rings is 3. The van der Waals surface area contributed by atoms with E-state index in [2.05, 4.69) is 21.0 Å². The molecule has 4 heterocycles. The van der Waals surface area contributed by atoms with Gasteiger partial charge in [0.15, 0.2) is 5.82 Å². The smallest absolute Gasteiger partial charge is 0.319 e. The fourth-order valence-electron chi connectivity index (χ4n) is 8.21. The minimum Gasteiger partial charge on any atom is -0.508 e. The molecule has 3 saturated heterocycles. The van der Waals surface area contributed by atoms with E-state index in [0.717, 1.165) is 71.2 Å². The zero-order valence-corrected chi connectivity index (χ0v) is 27.5. The van der Waals surface area contributed by atoms with E-state index in [0.29, 0.717) is 57.9 Å². The Bertz CT molecular complexity index is 1940. The van der Waals surface area contributed by atoms with Crippen molar-refractivity contribution in [3.63, 3.8) is 0 Å². The van der Waals surface area contributed by atoms with Crippen molar-refractivity contribution in [2.75, 3.05) is 51.3 Å². The van der Waals surface area contributed by atoms with E-state index in [9.17, 15) is 9.50 Å². The van der Waals surface area contributed by atoms with Gasteiger partial charge in [0.05, 0.1) is 18.3 Å². The number of phenols is 1. The van der Waals surface area contributed by atoms with Crippen molar-refractivity contribution in [3.8, 4) is 35.2 Å². The minimum absolute atomic E-state index is 0.0197. The van der Waals surface area contributed by atoms with Crippen molar-refractivity contribution in [3.05, 3.63) is 53.1 Å². The van der Waals surface area contributed by atoms with Crippen LogP contribution >= 0.6 is 0 Å². The zero-order valence-electron chi connectivity index (χ0n) is 27.5. The molecule has 48 heavy (non-hydrogen) atoms. The second kappa shape index (κ2) is 12.1. The van der Waals surface area contributed by atoms with Crippen LogP contribution in [0.2, 0.25) is 0 Å². The van der Waals surface area contributed by atoms with Gasteiger partial charge in [-0.2, -0.15) is 9.97 Å². The number of aryl methyl sites for hydroxylation is 1. The molecule has 4 aromatic rings. The van der Waals surface area contributed by atoms with Gasteiger partial charge in [0.2, 0.25) is 0 Å². The van der Waals surface area contributed by atoms with E-state index in [1.54, 1.807) is 13.2 Å². The predicted octanol–water partition coefficient (Wildman–Crippen LogP) is 5.93. The third-order valence-corrected chi connectivity index (χ3v) is 11.0. The van der Waals surface area contributed by atoms with Gasteiger partial charge in [-0.15, -0.1) is 6.42 Å². The molecule has 8 rings (SSSR count). The van der Waals surface area contributed by atoms with Crippen LogP contribution in [0.25, 0.3) is 32.8 Å². The Labute approximate surface area is 279 Å². The Hall–Kier alpha value is -4.04. The topological polar surface area (TPSA) is 83.0 Å². The Morgan fingerprint density at radius 2 is 1.81 bits per heavy atom. The molecule has 0 radical (unpaired) electrons. The van der Waals surface area contributed by atoms with Crippen molar-refractivity contribution >= 4 is 27.5 Å². The van der Waals surface area contributed by atoms with Gasteiger partial charge < -0.3 is 29.7 Å². The predicted molar refractivity (Wildman–Crippen MR) is 183 cm³/mol. The lowest BCUT2D eigenvalue weighted by Gasteiger charge is -2.35. The molecule has 2 N–H and O–H groups in total. The normalized spacial score (nSPS) is 22.4. The molecule has 0 spiro atoms. The average Bonchev–Trinajstić information content (AvgIpc) is 3.77. The molecule has 2 atom stereocenters. The van der Waals surface area contributed by atoms with E-state index in [1.165, 1.54) is 18.2 Å². The number of fused-ring (bicyclic) bond motifs is 4. The summed E-state index contributed by atoms with van der Waals surface area (Å²) in [5.41, 5.74) is 1.30. The summed E-state index contributed by atoms with van der Waals surface area (Å²) in [6.45, 7) is 6.74. The second-order valence-electron chi connectivity index (χ2n) is 14.3. The van der Waals surface area contributed by atoms with Crippen LogP contribution in [0.15, 0.2) is 30.3 Å². The molecular formula is C38H41F2N5O3. The molecule has 1 aliphatic carbocycles. The highest BCUT2D eigenvalue weighted by Crippen LogP contribution is 2.47. The Morgan fingerprint density at radius 3 is 2.50 bits per heavy atom. The number of hydrogen-bond acceptors (Lipinski definition) is 8. The number of phenolic OH excluding ortho intramolecular Hbond substituents is 1. The lowest BCUT2D eigenvalue weighted by Crippen LogP contribution is -2.51. The lowest BCUT2D eigenvalue weighted by molar-refractivity contribution is 0.0313. The fourth-order valence-corrected chi connectivity index (χ4v) is 8.21. The van der Waals surface area contributed by atoms with Crippen molar-refractivity contribution < 1.29 is 23.4 Å². The number of ether oxygens (including phenoxy) is 2. The van der Waals surface area contributed by atoms with Gasteiger partial charge in [0.25, 0.3) is 0 Å². The Balaban J connectivity index is 1.21. The number of terminal acetylenes is 1. The van der Waals surface area contributed by atoms with Gasteiger partial charge in [-0.3, -0.25) is 0 Å². The quantitative estimate of drug-likeness (QED) is 0.227. The van der Waals surface area contributed by atoms with Gasteiger partial charge in [0, 0.05) is 73.7 Å². The van der Waals surface area contributed by atoms with Gasteiger partial charge in [-0.05, 0) is 86.2 Å². The second-order valence-corrected chi connectivity index (χ2v) is 14.3. The van der Waals surface area contributed by atoms with Crippen LogP contribution in [-0.4, -0.2) is 84.6 Å². The first-order chi connectivity index (χ1) is 23.2. The van der Waals surface area contributed by atoms with Crippen LogP contribution < -0.4 is 15.0 Å². The lowest BCUT2D eigenvalue weighted by atomic mass is 9.90. The number of aromatic hydroxyl groups is 1. The van der Waals surface area contributed by atoms with E-state index < -0.39 is 11.6 Å². The summed E-state index contributed by atoms with van der Waals surface area (Å²) >= 11 is 0. The highest BCUT2D eigenvalue weighted by atomic mass is 19.1. The van der Waals surface area contributed by atoms with Crippen LogP contribution in [0, 0.1) is 36.3 Å². The number of anilines is 1. The molecule has 2 bridgehead atoms. The first-order valence-electron chi connectivity index (χ1n) is 17.1. The van der Waals surface area contributed by atoms with Crippen molar-refractivity contribution in [2.45, 2.75) is 63.6 Å². The number of halogens is 2. The summed E-state index contributed by atoms with van der Waals surface area (Å²) in [5.74, 6) is 1.86. The molecule has 250 valence electrons. The molecule has 8 nitrogen and oxygen atoms in total. The maximum Gasteiger partial charge on any atom is 0.319 e. The molecule has 1 saturated carbocycles. The third-order valence-electron chi connectivity index (χ3n) is 11.0. The summed E-state index contributed by atoms with van der Waals surface area (Å²) in [6.07, 6.45) is 12.5. The first kappa shape index (κ1) is 31.2. The van der Waals surface area contributed by atoms with Gasteiger partial charge in [0.1, 0.15) is 22.9 Å². The van der Waals surface area contributed by atoms with E-state index >= 15 is 4.39 Å². The molecule has 3 aliphatic heterocycles. The third kappa shape index (κ3) is 5.62. The number of piperazine rings is 1. The number of aromatic nitrogens is 2. The van der Waals surface area contributed by atoms with Crippen LogP contribution in [0.3, 0.4) is 0 Å². The van der Waals surface area contributed by atoms with E-state index in [-0.39, 0.29) is 33.8 Å². The largest absolute Gasteiger partial charge is 0.508 e. The zero-order chi connectivity index (χ0) is 33.2. The Morgan fingerprint density at radius 1 is 1.06 bits per heavy atom. The number of piperidine rings is 1. The molecule has 3 aromatic carbocycles. The standard InChI is InChI=1S/C38H41F2N5O3/c1-4-28-31(39)8-5-23-16-26(46)17-29(33(23)28)32-22(2)15-30-35(34(32)40)42-37(43-36(30)45-18-24-6-7-25(19-45)41-24)48-21-38(11-12-38)20-44-13-9-27(47-3)10-14-44/h1,5,8,15-17,24-25,27,41,46H,6-7,9-14,18-21H2,2-3H3. The number of rotatable bonds is 8. The number of methoxy groups -OCH3 is 1. The molecule has 4 aliphatic rings. The van der Waals surface area contributed by atoms with Gasteiger partial charge >= 0.3 is 6.01 Å². The highest BCUT2D eigenvalue weighted by Gasteiger charge is 2.45. The van der Waals surface area contributed by atoms with E-state index in [1.807, 2.05) is 13.0 Å².